The van der Waals surface area contributed by atoms with Crippen LogP contribution in [0.2, 0.25) is 0 Å². The van der Waals surface area contributed by atoms with E-state index in [4.69, 9.17) is 13.6 Å². The van der Waals surface area contributed by atoms with E-state index in [2.05, 4.69) is 15.2 Å². The molecule has 0 bridgehead atoms. The highest BCUT2D eigenvalue weighted by molar-refractivity contribution is 7.98. The van der Waals surface area contributed by atoms with E-state index in [0.29, 0.717) is 23.5 Å². The van der Waals surface area contributed by atoms with Crippen molar-refractivity contribution in [3.05, 3.63) is 78.3 Å². The molecule has 4 aromatic rings. The van der Waals surface area contributed by atoms with Crippen LogP contribution in [0.1, 0.15) is 11.3 Å². The molecule has 1 aromatic carbocycles. The molecule has 3 aromatic heterocycles. The Morgan fingerprint density at radius 2 is 1.88 bits per heavy atom. The van der Waals surface area contributed by atoms with Crippen molar-refractivity contribution in [3.8, 4) is 17.4 Å². The van der Waals surface area contributed by atoms with Gasteiger partial charge in [-0.05, 0) is 42.0 Å². The normalized spacial score (nSPS) is 10.8. The van der Waals surface area contributed by atoms with Crippen LogP contribution in [0.5, 0.6) is 5.75 Å². The van der Waals surface area contributed by atoms with Gasteiger partial charge < -0.3 is 13.6 Å². The Morgan fingerprint density at radius 1 is 0.962 bits per heavy atom. The first kappa shape index (κ1) is 16.4. The topological polar surface area (TPSA) is 74.2 Å². The van der Waals surface area contributed by atoms with Gasteiger partial charge in [-0.2, -0.15) is 0 Å². The Labute approximate surface area is 154 Å². The minimum Gasteiger partial charge on any atom is -0.487 e. The Bertz CT molecular complexity index is 938. The van der Waals surface area contributed by atoms with E-state index in [1.807, 2.05) is 42.5 Å². The Balaban J connectivity index is 1.30. The summed E-state index contributed by atoms with van der Waals surface area (Å²) in [5.41, 5.74) is 2.04. The first-order valence-corrected chi connectivity index (χ1v) is 8.97. The largest absolute Gasteiger partial charge is 0.487 e. The van der Waals surface area contributed by atoms with Crippen molar-refractivity contribution in [2.24, 2.45) is 0 Å². The lowest BCUT2D eigenvalue weighted by Gasteiger charge is -2.06. The van der Waals surface area contributed by atoms with Gasteiger partial charge in [0, 0.05) is 11.9 Å². The van der Waals surface area contributed by atoms with Crippen LogP contribution in [-0.2, 0) is 12.4 Å². The van der Waals surface area contributed by atoms with E-state index in [-0.39, 0.29) is 0 Å². The maximum atomic E-state index is 5.73. The Hall–Kier alpha value is -3.06. The van der Waals surface area contributed by atoms with Crippen molar-refractivity contribution >= 4 is 11.8 Å². The molecule has 26 heavy (non-hydrogen) atoms. The summed E-state index contributed by atoms with van der Waals surface area (Å²) >= 11 is 1.47. The molecular weight excluding hydrogens is 350 g/mol. The van der Waals surface area contributed by atoms with Gasteiger partial charge in [-0.1, -0.05) is 30.0 Å². The van der Waals surface area contributed by atoms with E-state index in [1.165, 1.54) is 11.8 Å². The molecule has 0 aliphatic rings. The van der Waals surface area contributed by atoms with E-state index < -0.39 is 0 Å². The van der Waals surface area contributed by atoms with Gasteiger partial charge in [-0.15, -0.1) is 10.2 Å². The zero-order chi connectivity index (χ0) is 17.6. The molecule has 0 aliphatic heterocycles. The van der Waals surface area contributed by atoms with Gasteiger partial charge >= 0.3 is 0 Å². The molecule has 0 aliphatic carbocycles. The fourth-order valence-electron chi connectivity index (χ4n) is 2.24. The molecular formula is C19H15N3O3S. The summed E-state index contributed by atoms with van der Waals surface area (Å²) in [5.74, 6) is 2.48. The van der Waals surface area contributed by atoms with Crippen LogP contribution in [0.15, 0.2) is 81.1 Å². The molecule has 130 valence electrons. The van der Waals surface area contributed by atoms with Crippen LogP contribution in [0.3, 0.4) is 0 Å². The fraction of sp³-hybridized carbons (Fsp3) is 0.105. The second-order valence-corrected chi connectivity index (χ2v) is 6.32. The second kappa shape index (κ2) is 7.88. The zero-order valence-corrected chi connectivity index (χ0v) is 14.6. The number of pyridine rings is 1. The van der Waals surface area contributed by atoms with Crippen LogP contribution < -0.4 is 4.74 Å². The van der Waals surface area contributed by atoms with E-state index in [1.54, 1.807) is 24.6 Å². The first-order valence-electron chi connectivity index (χ1n) is 7.99. The Kier molecular flexibility index (Phi) is 4.97. The zero-order valence-electron chi connectivity index (χ0n) is 13.7. The van der Waals surface area contributed by atoms with Crippen molar-refractivity contribution in [3.63, 3.8) is 0 Å². The first-order chi connectivity index (χ1) is 12.9. The van der Waals surface area contributed by atoms with Gasteiger partial charge in [0.2, 0.25) is 0 Å². The molecule has 7 heteroatoms. The molecule has 0 spiro atoms. The van der Waals surface area contributed by atoms with Crippen LogP contribution in [0.25, 0.3) is 11.7 Å². The minimum absolute atomic E-state index is 0.385. The van der Waals surface area contributed by atoms with Crippen molar-refractivity contribution in [1.29, 1.82) is 0 Å². The van der Waals surface area contributed by atoms with Gasteiger partial charge in [0.15, 0.2) is 5.76 Å². The number of ether oxygens (including phenoxy) is 1. The summed E-state index contributed by atoms with van der Waals surface area (Å²) in [6, 6.07) is 17.3. The monoisotopic (exact) mass is 365 g/mol. The lowest BCUT2D eigenvalue weighted by molar-refractivity contribution is 0.301. The van der Waals surface area contributed by atoms with Crippen molar-refractivity contribution in [2.75, 3.05) is 0 Å². The summed E-state index contributed by atoms with van der Waals surface area (Å²) in [4.78, 5) is 4.24. The average Bonchev–Trinajstić information content (AvgIpc) is 3.38. The quantitative estimate of drug-likeness (QED) is 0.443. The summed E-state index contributed by atoms with van der Waals surface area (Å²) < 4.78 is 16.6. The molecule has 0 N–H and O–H groups in total. The number of hydrogen-bond acceptors (Lipinski definition) is 7. The number of rotatable bonds is 7. The third-order valence-corrected chi connectivity index (χ3v) is 4.43. The number of aromatic nitrogens is 3. The maximum absolute atomic E-state index is 5.73. The highest BCUT2D eigenvalue weighted by atomic mass is 32.2. The standard InChI is InChI=1S/C19H15N3O3S/c1-2-10-20-15(4-1)12-24-16-8-6-14(7-9-16)13-26-19-22-21-18(25-19)17-5-3-11-23-17/h1-11H,12-13H2. The van der Waals surface area contributed by atoms with E-state index in [0.717, 1.165) is 22.8 Å². The van der Waals surface area contributed by atoms with Gasteiger partial charge in [-0.25, -0.2) is 0 Å². The smallest absolute Gasteiger partial charge is 0.284 e. The van der Waals surface area contributed by atoms with Crippen molar-refractivity contribution < 1.29 is 13.6 Å². The number of thioether (sulfide) groups is 1. The molecule has 6 nitrogen and oxygen atoms in total. The molecule has 0 unspecified atom stereocenters. The summed E-state index contributed by atoms with van der Waals surface area (Å²) in [5, 5.41) is 8.51. The predicted molar refractivity (Wildman–Crippen MR) is 96.6 cm³/mol. The maximum Gasteiger partial charge on any atom is 0.284 e. The summed E-state index contributed by atoms with van der Waals surface area (Å²) in [7, 11) is 0. The molecule has 0 saturated heterocycles. The molecule has 0 fully saturated rings. The summed E-state index contributed by atoms with van der Waals surface area (Å²) in [6.45, 7) is 0.451. The predicted octanol–water partition coefficient (Wildman–Crippen LogP) is 4.60. The number of nitrogens with zero attached hydrogens (tertiary/aromatic N) is 3. The second-order valence-electron chi connectivity index (χ2n) is 5.39. The molecule has 0 amide bonds. The highest BCUT2D eigenvalue weighted by Crippen LogP contribution is 2.26. The lowest BCUT2D eigenvalue weighted by Crippen LogP contribution is -1.97. The minimum atomic E-state index is 0.385. The van der Waals surface area contributed by atoms with Gasteiger partial charge in [-0.3, -0.25) is 4.98 Å². The SMILES string of the molecule is c1ccc(COc2ccc(CSc3nnc(-c4ccco4)o3)cc2)nc1. The third-order valence-electron chi connectivity index (χ3n) is 3.54. The molecule has 0 atom stereocenters. The third kappa shape index (κ3) is 4.12. The van der Waals surface area contributed by atoms with Gasteiger partial charge in [0.25, 0.3) is 11.1 Å². The van der Waals surface area contributed by atoms with Crippen LogP contribution in [0, 0.1) is 0 Å². The van der Waals surface area contributed by atoms with E-state index >= 15 is 0 Å². The molecule has 0 radical (unpaired) electrons. The molecule has 4 rings (SSSR count). The fourth-order valence-corrected chi connectivity index (χ4v) is 2.95. The number of benzene rings is 1. The number of furan rings is 1. The van der Waals surface area contributed by atoms with E-state index in [9.17, 15) is 0 Å². The van der Waals surface area contributed by atoms with Gasteiger partial charge in [0.1, 0.15) is 12.4 Å². The molecule has 0 saturated carbocycles. The van der Waals surface area contributed by atoms with Crippen LogP contribution >= 0.6 is 11.8 Å². The summed E-state index contributed by atoms with van der Waals surface area (Å²) in [6.07, 6.45) is 3.33. The highest BCUT2D eigenvalue weighted by Gasteiger charge is 2.11. The van der Waals surface area contributed by atoms with Crippen molar-refractivity contribution in [1.82, 2.24) is 15.2 Å². The number of hydrogen-bond donors (Lipinski definition) is 0. The molecule has 3 heterocycles. The van der Waals surface area contributed by atoms with Crippen LogP contribution in [0.4, 0.5) is 0 Å². The van der Waals surface area contributed by atoms with Crippen molar-refractivity contribution in [2.45, 2.75) is 17.6 Å². The van der Waals surface area contributed by atoms with Gasteiger partial charge in [0.05, 0.1) is 12.0 Å². The average molecular weight is 365 g/mol. The Morgan fingerprint density at radius 3 is 2.65 bits per heavy atom. The van der Waals surface area contributed by atoms with Crippen LogP contribution in [-0.4, -0.2) is 15.2 Å². The lowest BCUT2D eigenvalue weighted by atomic mass is 10.2.